The molecule has 17 heavy (non-hydrogen) atoms. The second-order valence-electron chi connectivity index (χ2n) is 4.03. The molecular formula is C12H21N3O2. The van der Waals surface area contributed by atoms with Crippen molar-refractivity contribution in [3.05, 3.63) is 33.1 Å². The molecule has 1 N–H and O–H groups in total. The van der Waals surface area contributed by atoms with Gasteiger partial charge >= 0.3 is 5.69 Å². The Bertz CT molecular complexity index is 448. The predicted molar refractivity (Wildman–Crippen MR) is 68.4 cm³/mol. The van der Waals surface area contributed by atoms with Crippen LogP contribution in [0.4, 0.5) is 0 Å². The zero-order chi connectivity index (χ0) is 12.7. The number of rotatable bonds is 7. The lowest BCUT2D eigenvalue weighted by Gasteiger charge is -2.09. The summed E-state index contributed by atoms with van der Waals surface area (Å²) in [6.45, 7) is 6.73. The average Bonchev–Trinajstić information content (AvgIpc) is 2.32. The quantitative estimate of drug-likeness (QED) is 0.702. The largest absolute Gasteiger partial charge is 0.331 e. The Morgan fingerprint density at radius 1 is 1.12 bits per heavy atom. The predicted octanol–water partition coefficient (Wildman–Crippen LogP) is 0.420. The molecule has 96 valence electrons. The number of hydrogen-bond donors (Lipinski definition) is 1. The van der Waals surface area contributed by atoms with Gasteiger partial charge in [-0.1, -0.05) is 13.8 Å². The van der Waals surface area contributed by atoms with Gasteiger partial charge in [-0.2, -0.15) is 0 Å². The molecule has 0 unspecified atom stereocenters. The fraction of sp³-hybridized carbons (Fsp3) is 0.667. The first-order valence-electron chi connectivity index (χ1n) is 6.21. The molecule has 0 fully saturated rings. The van der Waals surface area contributed by atoms with Crippen LogP contribution in [0.5, 0.6) is 0 Å². The smallest absolute Gasteiger partial charge is 0.315 e. The Morgan fingerprint density at radius 3 is 2.53 bits per heavy atom. The lowest BCUT2D eigenvalue weighted by molar-refractivity contribution is 0.520. The molecule has 0 amide bonds. The first-order valence-corrected chi connectivity index (χ1v) is 6.21. The molecule has 1 aromatic rings. The molecule has 0 aromatic carbocycles. The molecule has 0 aliphatic carbocycles. The Balaban J connectivity index is 2.79. The van der Waals surface area contributed by atoms with E-state index in [1.165, 1.54) is 10.6 Å². The maximum atomic E-state index is 11.9. The van der Waals surface area contributed by atoms with E-state index in [1.54, 1.807) is 10.8 Å². The Morgan fingerprint density at radius 2 is 1.88 bits per heavy atom. The molecular weight excluding hydrogens is 218 g/mol. The van der Waals surface area contributed by atoms with Gasteiger partial charge < -0.3 is 9.88 Å². The van der Waals surface area contributed by atoms with Crippen LogP contribution in [0.25, 0.3) is 0 Å². The summed E-state index contributed by atoms with van der Waals surface area (Å²) in [6.07, 6.45) is 3.50. The third-order valence-corrected chi connectivity index (χ3v) is 2.54. The number of aromatic nitrogens is 2. The van der Waals surface area contributed by atoms with E-state index in [0.717, 1.165) is 19.4 Å². The highest BCUT2D eigenvalue weighted by molar-refractivity contribution is 4.86. The van der Waals surface area contributed by atoms with Crippen molar-refractivity contribution < 1.29 is 0 Å². The number of nitrogens with zero attached hydrogens (tertiary/aromatic N) is 2. The minimum absolute atomic E-state index is 0.211. The van der Waals surface area contributed by atoms with Gasteiger partial charge in [-0.15, -0.1) is 0 Å². The molecule has 0 spiro atoms. The monoisotopic (exact) mass is 239 g/mol. The van der Waals surface area contributed by atoms with Crippen LogP contribution in [-0.4, -0.2) is 22.2 Å². The van der Waals surface area contributed by atoms with Crippen molar-refractivity contribution in [1.82, 2.24) is 14.5 Å². The van der Waals surface area contributed by atoms with E-state index in [4.69, 9.17) is 0 Å². The first kappa shape index (κ1) is 13.7. The molecule has 5 heteroatoms. The van der Waals surface area contributed by atoms with Crippen molar-refractivity contribution in [2.24, 2.45) is 0 Å². The van der Waals surface area contributed by atoms with Crippen molar-refractivity contribution in [3.63, 3.8) is 0 Å². The van der Waals surface area contributed by atoms with E-state index in [-0.39, 0.29) is 11.2 Å². The highest BCUT2D eigenvalue weighted by Gasteiger charge is 2.03. The molecule has 0 saturated heterocycles. The van der Waals surface area contributed by atoms with Crippen LogP contribution >= 0.6 is 0 Å². The molecule has 1 aromatic heterocycles. The molecule has 5 nitrogen and oxygen atoms in total. The minimum Gasteiger partial charge on any atom is -0.315 e. The van der Waals surface area contributed by atoms with Crippen molar-refractivity contribution in [2.75, 3.05) is 13.1 Å². The molecule has 0 atom stereocenters. The van der Waals surface area contributed by atoms with Crippen LogP contribution in [0.1, 0.15) is 26.7 Å². The van der Waals surface area contributed by atoms with Crippen LogP contribution in [-0.2, 0) is 13.1 Å². The molecule has 0 radical (unpaired) electrons. The second-order valence-corrected chi connectivity index (χ2v) is 4.03. The second kappa shape index (κ2) is 7.06. The summed E-state index contributed by atoms with van der Waals surface area (Å²) in [5.74, 6) is 0. The molecule has 1 heterocycles. The van der Waals surface area contributed by atoms with Crippen LogP contribution in [0.15, 0.2) is 21.9 Å². The zero-order valence-corrected chi connectivity index (χ0v) is 10.6. The van der Waals surface area contributed by atoms with E-state index >= 15 is 0 Å². The van der Waals surface area contributed by atoms with Gasteiger partial charge in [0, 0.05) is 31.9 Å². The standard InChI is InChI=1S/C12H21N3O2/c1-3-6-13-7-10-15-11(16)5-9-14(8-4-2)12(15)17/h5,9,13H,3-4,6-8,10H2,1-2H3. The normalized spacial score (nSPS) is 10.7. The number of hydrogen-bond acceptors (Lipinski definition) is 3. The lowest BCUT2D eigenvalue weighted by atomic mass is 10.4. The van der Waals surface area contributed by atoms with E-state index < -0.39 is 0 Å². The van der Waals surface area contributed by atoms with E-state index in [0.29, 0.717) is 19.6 Å². The van der Waals surface area contributed by atoms with Gasteiger partial charge in [-0.25, -0.2) is 4.79 Å². The van der Waals surface area contributed by atoms with Gasteiger partial charge in [0.25, 0.3) is 5.56 Å². The SMILES string of the molecule is CCCNCCn1c(=O)ccn(CCC)c1=O. The van der Waals surface area contributed by atoms with Crippen LogP contribution < -0.4 is 16.6 Å². The third kappa shape index (κ3) is 3.85. The third-order valence-electron chi connectivity index (χ3n) is 2.54. The van der Waals surface area contributed by atoms with Crippen molar-refractivity contribution in [1.29, 1.82) is 0 Å². The fourth-order valence-electron chi connectivity index (χ4n) is 1.67. The average molecular weight is 239 g/mol. The molecule has 0 saturated carbocycles. The Labute approximate surface area is 101 Å². The van der Waals surface area contributed by atoms with Gasteiger partial charge in [0.1, 0.15) is 0 Å². The van der Waals surface area contributed by atoms with E-state index in [2.05, 4.69) is 12.2 Å². The summed E-state index contributed by atoms with van der Waals surface area (Å²) in [7, 11) is 0. The molecule has 0 bridgehead atoms. The van der Waals surface area contributed by atoms with E-state index in [9.17, 15) is 9.59 Å². The summed E-state index contributed by atoms with van der Waals surface area (Å²) in [6, 6.07) is 1.46. The number of aryl methyl sites for hydroxylation is 1. The summed E-state index contributed by atoms with van der Waals surface area (Å²) in [5.41, 5.74) is -0.432. The molecule has 1 rings (SSSR count). The summed E-state index contributed by atoms with van der Waals surface area (Å²) >= 11 is 0. The summed E-state index contributed by atoms with van der Waals surface area (Å²) < 4.78 is 2.87. The van der Waals surface area contributed by atoms with Crippen LogP contribution in [0.3, 0.4) is 0 Å². The number of nitrogens with one attached hydrogen (secondary N) is 1. The Kier molecular flexibility index (Phi) is 5.69. The van der Waals surface area contributed by atoms with Crippen LogP contribution in [0, 0.1) is 0 Å². The molecule has 0 aliphatic heterocycles. The van der Waals surface area contributed by atoms with Crippen molar-refractivity contribution >= 4 is 0 Å². The van der Waals surface area contributed by atoms with Gasteiger partial charge in [-0.05, 0) is 19.4 Å². The maximum Gasteiger partial charge on any atom is 0.331 e. The van der Waals surface area contributed by atoms with Gasteiger partial charge in [0.15, 0.2) is 0 Å². The lowest BCUT2D eigenvalue weighted by Crippen LogP contribution is -2.41. The highest BCUT2D eigenvalue weighted by atomic mass is 16.2. The molecule has 0 aliphatic rings. The maximum absolute atomic E-state index is 11.9. The van der Waals surface area contributed by atoms with Gasteiger partial charge in [-0.3, -0.25) is 9.36 Å². The van der Waals surface area contributed by atoms with Gasteiger partial charge in [0.2, 0.25) is 0 Å². The summed E-state index contributed by atoms with van der Waals surface area (Å²) in [4.78, 5) is 23.5. The first-order chi connectivity index (χ1) is 8.20. The zero-order valence-electron chi connectivity index (χ0n) is 10.6. The Hall–Kier alpha value is -1.36. The van der Waals surface area contributed by atoms with Crippen LogP contribution in [0.2, 0.25) is 0 Å². The van der Waals surface area contributed by atoms with Crippen molar-refractivity contribution in [3.8, 4) is 0 Å². The highest BCUT2D eigenvalue weighted by Crippen LogP contribution is 1.83. The van der Waals surface area contributed by atoms with Gasteiger partial charge in [0.05, 0.1) is 0 Å². The van der Waals surface area contributed by atoms with Crippen molar-refractivity contribution in [2.45, 2.75) is 39.8 Å². The topological polar surface area (TPSA) is 56.0 Å². The minimum atomic E-state index is -0.222. The summed E-state index contributed by atoms with van der Waals surface area (Å²) in [5, 5.41) is 3.18. The fourth-order valence-corrected chi connectivity index (χ4v) is 1.67. The van der Waals surface area contributed by atoms with E-state index in [1.807, 2.05) is 6.92 Å².